The molecule has 1 aromatic heterocycles. The van der Waals surface area contributed by atoms with E-state index in [-0.39, 0.29) is 5.56 Å². The molecule has 0 saturated carbocycles. The van der Waals surface area contributed by atoms with Crippen molar-refractivity contribution in [2.45, 2.75) is 20.3 Å². The summed E-state index contributed by atoms with van der Waals surface area (Å²) in [5.41, 5.74) is 1.35. The molecule has 0 saturated heterocycles. The molecule has 0 spiro atoms. The first-order valence-corrected chi connectivity index (χ1v) is 6.08. The zero-order valence-corrected chi connectivity index (χ0v) is 10.9. The number of ether oxygens (including phenoxy) is 1. The van der Waals surface area contributed by atoms with E-state index in [1.54, 1.807) is 6.92 Å². The smallest absolute Gasteiger partial charge is 0.325 e. The molecule has 0 fully saturated rings. The van der Waals surface area contributed by atoms with Gasteiger partial charge in [-0.15, -0.1) is 0 Å². The Kier molecular flexibility index (Phi) is 3.85. The van der Waals surface area contributed by atoms with Crippen molar-refractivity contribution in [3.63, 3.8) is 0 Å². The van der Waals surface area contributed by atoms with Crippen LogP contribution in [0.2, 0.25) is 0 Å². The van der Waals surface area contributed by atoms with Crippen LogP contribution < -0.4 is 16.0 Å². The van der Waals surface area contributed by atoms with Gasteiger partial charge in [-0.3, -0.25) is 9.78 Å². The predicted octanol–water partition coefficient (Wildman–Crippen LogP) is 1.30. The van der Waals surface area contributed by atoms with Crippen LogP contribution in [0.5, 0.6) is 5.75 Å². The van der Waals surface area contributed by atoms with Crippen LogP contribution in [0.1, 0.15) is 16.8 Å². The summed E-state index contributed by atoms with van der Waals surface area (Å²) in [6.45, 7) is 4.06. The molecule has 0 bridgehead atoms. The van der Waals surface area contributed by atoms with Crippen molar-refractivity contribution in [2.75, 3.05) is 6.61 Å². The van der Waals surface area contributed by atoms with Crippen LogP contribution in [0.25, 0.3) is 0 Å². The molecule has 0 aliphatic heterocycles. The van der Waals surface area contributed by atoms with Crippen LogP contribution in [0.4, 0.5) is 0 Å². The number of aromatic amines is 2. The van der Waals surface area contributed by atoms with Crippen molar-refractivity contribution < 1.29 is 4.74 Å². The summed E-state index contributed by atoms with van der Waals surface area (Å²) in [5, 5.41) is 0. The summed E-state index contributed by atoms with van der Waals surface area (Å²) in [6.07, 6.45) is 0.451. The number of benzene rings is 1. The molecule has 100 valence electrons. The lowest BCUT2D eigenvalue weighted by atomic mass is 10.2. The van der Waals surface area contributed by atoms with Crippen molar-refractivity contribution in [1.82, 2.24) is 9.97 Å². The highest BCUT2D eigenvalue weighted by molar-refractivity contribution is 5.31. The molecular weight excluding hydrogens is 244 g/mol. The predicted molar refractivity (Wildman–Crippen MR) is 72.8 cm³/mol. The largest absolute Gasteiger partial charge is 0.493 e. The summed E-state index contributed by atoms with van der Waals surface area (Å²) in [5.74, 6) is 0.806. The average Bonchev–Trinajstić information content (AvgIpc) is 2.34. The van der Waals surface area contributed by atoms with Gasteiger partial charge in [0.25, 0.3) is 5.56 Å². The molecule has 5 heteroatoms. The summed E-state index contributed by atoms with van der Waals surface area (Å²) in [7, 11) is 0. The normalized spacial score (nSPS) is 10.4. The van der Waals surface area contributed by atoms with Crippen LogP contribution in [0.3, 0.4) is 0 Å². The SMILES string of the molecule is Cc1ccccc1OCCc1c(C)[nH]c(=O)[nH]c1=O. The number of nitrogens with one attached hydrogen (secondary N) is 2. The van der Waals surface area contributed by atoms with Crippen LogP contribution in [-0.2, 0) is 6.42 Å². The van der Waals surface area contributed by atoms with Crippen molar-refractivity contribution in [2.24, 2.45) is 0 Å². The van der Waals surface area contributed by atoms with Gasteiger partial charge in [0.1, 0.15) is 5.75 Å². The van der Waals surface area contributed by atoms with Gasteiger partial charge in [0.05, 0.1) is 6.61 Å². The van der Waals surface area contributed by atoms with Crippen LogP contribution in [0, 0.1) is 13.8 Å². The number of H-pyrrole nitrogens is 2. The molecule has 19 heavy (non-hydrogen) atoms. The summed E-state index contributed by atoms with van der Waals surface area (Å²) in [6, 6.07) is 7.70. The monoisotopic (exact) mass is 260 g/mol. The second-order valence-electron chi connectivity index (χ2n) is 4.38. The lowest BCUT2D eigenvalue weighted by Gasteiger charge is -2.09. The molecule has 0 amide bonds. The number of aryl methyl sites for hydroxylation is 2. The first-order valence-electron chi connectivity index (χ1n) is 6.08. The minimum Gasteiger partial charge on any atom is -0.493 e. The standard InChI is InChI=1S/C14H16N2O3/c1-9-5-3-4-6-12(9)19-8-7-11-10(2)15-14(18)16-13(11)17/h3-6H,7-8H2,1-2H3,(H2,15,16,17,18). The number of hydrogen-bond acceptors (Lipinski definition) is 3. The lowest BCUT2D eigenvalue weighted by molar-refractivity contribution is 0.319. The first kappa shape index (κ1) is 13.1. The van der Waals surface area contributed by atoms with Crippen molar-refractivity contribution in [1.29, 1.82) is 0 Å². The van der Waals surface area contributed by atoms with E-state index >= 15 is 0 Å². The van der Waals surface area contributed by atoms with Crippen molar-refractivity contribution >= 4 is 0 Å². The number of hydrogen-bond donors (Lipinski definition) is 2. The fourth-order valence-corrected chi connectivity index (χ4v) is 1.91. The van der Waals surface area contributed by atoms with E-state index < -0.39 is 5.69 Å². The quantitative estimate of drug-likeness (QED) is 0.870. The van der Waals surface area contributed by atoms with E-state index in [2.05, 4.69) is 9.97 Å². The summed E-state index contributed by atoms with van der Waals surface area (Å²) < 4.78 is 5.64. The van der Waals surface area contributed by atoms with Crippen LogP contribution >= 0.6 is 0 Å². The third-order valence-electron chi connectivity index (χ3n) is 2.96. The van der Waals surface area contributed by atoms with Crippen molar-refractivity contribution in [3.05, 3.63) is 61.9 Å². The maximum atomic E-state index is 11.6. The maximum Gasteiger partial charge on any atom is 0.325 e. The Bertz CT molecular complexity index is 686. The molecule has 5 nitrogen and oxygen atoms in total. The Balaban J connectivity index is 2.07. The second kappa shape index (κ2) is 5.56. The highest BCUT2D eigenvalue weighted by atomic mass is 16.5. The van der Waals surface area contributed by atoms with Gasteiger partial charge in [-0.05, 0) is 25.5 Å². The topological polar surface area (TPSA) is 75.0 Å². The Labute approximate surface area is 110 Å². The van der Waals surface area contributed by atoms with Gasteiger partial charge in [-0.1, -0.05) is 18.2 Å². The fraction of sp³-hybridized carbons (Fsp3) is 0.286. The maximum absolute atomic E-state index is 11.6. The zero-order valence-electron chi connectivity index (χ0n) is 10.9. The molecule has 0 aliphatic rings. The van der Waals surface area contributed by atoms with Gasteiger partial charge < -0.3 is 9.72 Å². The average molecular weight is 260 g/mol. The molecular formula is C14H16N2O3. The Morgan fingerprint density at radius 3 is 2.53 bits per heavy atom. The van der Waals surface area contributed by atoms with Crippen LogP contribution in [0.15, 0.2) is 33.9 Å². The molecule has 0 radical (unpaired) electrons. The fourth-order valence-electron chi connectivity index (χ4n) is 1.91. The molecule has 2 N–H and O–H groups in total. The molecule has 1 aromatic carbocycles. The lowest BCUT2D eigenvalue weighted by Crippen LogP contribution is -2.28. The Hall–Kier alpha value is -2.30. The highest BCUT2D eigenvalue weighted by Gasteiger charge is 2.06. The zero-order chi connectivity index (χ0) is 13.8. The second-order valence-corrected chi connectivity index (χ2v) is 4.38. The third kappa shape index (κ3) is 3.13. The van der Waals surface area contributed by atoms with E-state index in [1.807, 2.05) is 31.2 Å². The molecule has 0 aliphatic carbocycles. The molecule has 1 heterocycles. The minimum absolute atomic E-state index is 0.352. The molecule has 0 unspecified atom stereocenters. The number of aromatic nitrogens is 2. The van der Waals surface area contributed by atoms with Gasteiger partial charge in [0.15, 0.2) is 0 Å². The highest BCUT2D eigenvalue weighted by Crippen LogP contribution is 2.16. The van der Waals surface area contributed by atoms with E-state index in [0.717, 1.165) is 11.3 Å². The number of rotatable bonds is 4. The van der Waals surface area contributed by atoms with Gasteiger partial charge in [0.2, 0.25) is 0 Å². The first-order chi connectivity index (χ1) is 9.08. The molecule has 2 aromatic rings. The van der Waals surface area contributed by atoms with E-state index in [0.29, 0.717) is 24.3 Å². The van der Waals surface area contributed by atoms with Gasteiger partial charge >= 0.3 is 5.69 Å². The summed E-state index contributed by atoms with van der Waals surface area (Å²) in [4.78, 5) is 27.5. The Morgan fingerprint density at radius 2 is 1.84 bits per heavy atom. The Morgan fingerprint density at radius 1 is 1.11 bits per heavy atom. The van der Waals surface area contributed by atoms with Gasteiger partial charge in [-0.2, -0.15) is 0 Å². The van der Waals surface area contributed by atoms with E-state index in [4.69, 9.17) is 4.74 Å². The molecule has 2 rings (SSSR count). The van der Waals surface area contributed by atoms with E-state index in [1.165, 1.54) is 0 Å². The third-order valence-corrected chi connectivity index (χ3v) is 2.96. The number of para-hydroxylation sites is 1. The molecule has 0 atom stereocenters. The van der Waals surface area contributed by atoms with Crippen molar-refractivity contribution in [3.8, 4) is 5.75 Å². The van der Waals surface area contributed by atoms with Crippen LogP contribution in [-0.4, -0.2) is 16.6 Å². The summed E-state index contributed by atoms with van der Waals surface area (Å²) >= 11 is 0. The minimum atomic E-state index is -0.480. The van der Waals surface area contributed by atoms with Gasteiger partial charge in [-0.25, -0.2) is 4.79 Å². The van der Waals surface area contributed by atoms with Gasteiger partial charge in [0, 0.05) is 17.7 Å². The van der Waals surface area contributed by atoms with E-state index in [9.17, 15) is 9.59 Å².